The van der Waals surface area contributed by atoms with Crippen molar-refractivity contribution < 1.29 is 9.18 Å². The molecule has 0 spiro atoms. The summed E-state index contributed by atoms with van der Waals surface area (Å²) in [5.74, 6) is -0.388. The van der Waals surface area contributed by atoms with Crippen LogP contribution < -0.4 is 0 Å². The van der Waals surface area contributed by atoms with Crippen molar-refractivity contribution >= 4 is 18.0 Å². The molecule has 0 aromatic heterocycles. The molecule has 0 atom stereocenters. The lowest BCUT2D eigenvalue weighted by Crippen LogP contribution is -1.87. The van der Waals surface area contributed by atoms with E-state index in [1.54, 1.807) is 6.07 Å². The first kappa shape index (κ1) is 11.9. The first-order valence-electron chi connectivity index (χ1n) is 5.18. The van der Waals surface area contributed by atoms with Gasteiger partial charge in [0.2, 0.25) is 0 Å². The highest BCUT2D eigenvalue weighted by molar-refractivity contribution is 7.99. The minimum Gasteiger partial charge on any atom is -0.298 e. The van der Waals surface area contributed by atoms with E-state index < -0.39 is 0 Å². The van der Waals surface area contributed by atoms with Crippen LogP contribution in [0.5, 0.6) is 0 Å². The topological polar surface area (TPSA) is 17.1 Å². The zero-order chi connectivity index (χ0) is 12.3. The Kier molecular flexibility index (Phi) is 3.59. The van der Waals surface area contributed by atoms with E-state index >= 15 is 0 Å². The number of benzene rings is 2. The zero-order valence-corrected chi connectivity index (χ0v) is 10.1. The maximum atomic E-state index is 13.0. The molecule has 0 fully saturated rings. The van der Waals surface area contributed by atoms with E-state index in [4.69, 9.17) is 0 Å². The summed E-state index contributed by atoms with van der Waals surface area (Å²) in [5, 5.41) is 0. The number of hydrogen-bond acceptors (Lipinski definition) is 2. The van der Waals surface area contributed by atoms with Gasteiger partial charge < -0.3 is 0 Å². The summed E-state index contributed by atoms with van der Waals surface area (Å²) < 4.78 is 13.0. The standard InChI is InChI=1S/C14H11FOS/c1-10-3-2-4-13(7-10)17-14-6-5-12(15)8-11(14)9-16/h2-9H,1H3. The van der Waals surface area contributed by atoms with Crippen LogP contribution in [0.1, 0.15) is 15.9 Å². The summed E-state index contributed by atoms with van der Waals surface area (Å²) in [7, 11) is 0. The van der Waals surface area contributed by atoms with Gasteiger partial charge in [0.05, 0.1) is 0 Å². The maximum absolute atomic E-state index is 13.0. The van der Waals surface area contributed by atoms with Gasteiger partial charge in [-0.05, 0) is 37.3 Å². The van der Waals surface area contributed by atoms with Crippen molar-refractivity contribution in [1.82, 2.24) is 0 Å². The smallest absolute Gasteiger partial charge is 0.151 e. The van der Waals surface area contributed by atoms with Gasteiger partial charge in [0.15, 0.2) is 6.29 Å². The van der Waals surface area contributed by atoms with Gasteiger partial charge in [-0.15, -0.1) is 0 Å². The molecular weight excluding hydrogens is 235 g/mol. The van der Waals surface area contributed by atoms with E-state index in [1.807, 2.05) is 31.2 Å². The Morgan fingerprint density at radius 1 is 1.18 bits per heavy atom. The second kappa shape index (κ2) is 5.15. The van der Waals surface area contributed by atoms with Gasteiger partial charge in [0.1, 0.15) is 5.82 Å². The Bertz CT molecular complexity index is 552. The number of rotatable bonds is 3. The average Bonchev–Trinajstić information content (AvgIpc) is 2.31. The predicted octanol–water partition coefficient (Wildman–Crippen LogP) is 4.10. The molecule has 0 aliphatic rings. The molecule has 0 radical (unpaired) electrons. The first-order chi connectivity index (χ1) is 8.19. The summed E-state index contributed by atoms with van der Waals surface area (Å²) in [5.41, 5.74) is 1.54. The Hall–Kier alpha value is -1.61. The first-order valence-corrected chi connectivity index (χ1v) is 6.00. The molecule has 0 aliphatic heterocycles. The summed E-state index contributed by atoms with van der Waals surface area (Å²) >= 11 is 1.46. The fourth-order valence-corrected chi connectivity index (χ4v) is 2.52. The minimum absolute atomic E-state index is 0.386. The van der Waals surface area contributed by atoms with Crippen molar-refractivity contribution in [3.63, 3.8) is 0 Å². The molecule has 2 rings (SSSR count). The molecule has 1 nitrogen and oxygen atoms in total. The lowest BCUT2D eigenvalue weighted by Gasteiger charge is -2.05. The minimum atomic E-state index is -0.388. The van der Waals surface area contributed by atoms with Crippen LogP contribution in [0.2, 0.25) is 0 Å². The lowest BCUT2D eigenvalue weighted by atomic mass is 10.2. The molecule has 0 saturated carbocycles. The van der Waals surface area contributed by atoms with Crippen LogP contribution in [0, 0.1) is 12.7 Å². The van der Waals surface area contributed by atoms with Crippen molar-refractivity contribution in [2.75, 3.05) is 0 Å². The van der Waals surface area contributed by atoms with E-state index in [9.17, 15) is 9.18 Å². The molecule has 0 bridgehead atoms. The molecule has 17 heavy (non-hydrogen) atoms. The number of aldehydes is 1. The third kappa shape index (κ3) is 2.94. The van der Waals surface area contributed by atoms with Crippen LogP contribution >= 0.6 is 11.8 Å². The van der Waals surface area contributed by atoms with Crippen LogP contribution in [0.4, 0.5) is 4.39 Å². The highest BCUT2D eigenvalue weighted by atomic mass is 32.2. The summed E-state index contributed by atoms with van der Waals surface area (Å²) in [6, 6.07) is 12.2. The number of carbonyl (C=O) groups excluding carboxylic acids is 1. The molecule has 3 heteroatoms. The molecule has 2 aromatic carbocycles. The van der Waals surface area contributed by atoms with E-state index in [2.05, 4.69) is 0 Å². The predicted molar refractivity (Wildman–Crippen MR) is 67.1 cm³/mol. The Labute approximate surface area is 104 Å². The van der Waals surface area contributed by atoms with E-state index in [0.717, 1.165) is 15.4 Å². The molecule has 86 valence electrons. The fraction of sp³-hybridized carbons (Fsp3) is 0.0714. The molecule has 0 unspecified atom stereocenters. The summed E-state index contributed by atoms with van der Waals surface area (Å²) in [6.45, 7) is 2.01. The van der Waals surface area contributed by atoms with Crippen LogP contribution in [-0.2, 0) is 0 Å². The number of carbonyl (C=O) groups is 1. The SMILES string of the molecule is Cc1cccc(Sc2ccc(F)cc2C=O)c1. The largest absolute Gasteiger partial charge is 0.298 e. The van der Waals surface area contributed by atoms with Crippen molar-refractivity contribution in [2.45, 2.75) is 16.7 Å². The van der Waals surface area contributed by atoms with Crippen LogP contribution in [0.25, 0.3) is 0 Å². The molecule has 0 saturated heterocycles. The monoisotopic (exact) mass is 246 g/mol. The normalized spacial score (nSPS) is 10.2. The Morgan fingerprint density at radius 3 is 2.71 bits per heavy atom. The number of aryl methyl sites for hydroxylation is 1. The van der Waals surface area contributed by atoms with Crippen molar-refractivity contribution in [3.8, 4) is 0 Å². The van der Waals surface area contributed by atoms with Crippen molar-refractivity contribution in [3.05, 3.63) is 59.4 Å². The Morgan fingerprint density at radius 2 is 2.00 bits per heavy atom. The highest BCUT2D eigenvalue weighted by Gasteiger charge is 2.05. The summed E-state index contributed by atoms with van der Waals surface area (Å²) in [6.07, 6.45) is 0.682. The van der Waals surface area contributed by atoms with Gasteiger partial charge in [0.25, 0.3) is 0 Å². The summed E-state index contributed by atoms with van der Waals surface area (Å²) in [4.78, 5) is 12.7. The molecular formula is C14H11FOS. The van der Waals surface area contributed by atoms with Gasteiger partial charge in [-0.1, -0.05) is 29.5 Å². The lowest BCUT2D eigenvalue weighted by molar-refractivity contribution is 0.112. The molecule has 0 aliphatic carbocycles. The fourth-order valence-electron chi connectivity index (χ4n) is 1.51. The van der Waals surface area contributed by atoms with Gasteiger partial charge in [0, 0.05) is 15.4 Å². The van der Waals surface area contributed by atoms with E-state index in [-0.39, 0.29) is 5.82 Å². The van der Waals surface area contributed by atoms with Crippen molar-refractivity contribution in [2.24, 2.45) is 0 Å². The van der Waals surface area contributed by atoms with Gasteiger partial charge in [-0.25, -0.2) is 4.39 Å². The second-order valence-electron chi connectivity index (χ2n) is 3.72. The maximum Gasteiger partial charge on any atom is 0.151 e. The third-order valence-electron chi connectivity index (χ3n) is 2.32. The van der Waals surface area contributed by atoms with Crippen LogP contribution in [-0.4, -0.2) is 6.29 Å². The average molecular weight is 246 g/mol. The van der Waals surface area contributed by atoms with E-state index in [1.165, 1.54) is 23.9 Å². The van der Waals surface area contributed by atoms with Gasteiger partial charge in [-0.3, -0.25) is 4.79 Å². The third-order valence-corrected chi connectivity index (χ3v) is 3.40. The van der Waals surface area contributed by atoms with Crippen molar-refractivity contribution in [1.29, 1.82) is 0 Å². The number of hydrogen-bond donors (Lipinski definition) is 0. The number of halogens is 1. The van der Waals surface area contributed by atoms with E-state index in [0.29, 0.717) is 11.8 Å². The highest BCUT2D eigenvalue weighted by Crippen LogP contribution is 2.30. The molecule has 0 heterocycles. The van der Waals surface area contributed by atoms with Gasteiger partial charge in [-0.2, -0.15) is 0 Å². The zero-order valence-electron chi connectivity index (χ0n) is 9.31. The molecule has 2 aromatic rings. The van der Waals surface area contributed by atoms with Crippen LogP contribution in [0.3, 0.4) is 0 Å². The molecule has 0 N–H and O–H groups in total. The second-order valence-corrected chi connectivity index (χ2v) is 4.83. The quantitative estimate of drug-likeness (QED) is 0.758. The van der Waals surface area contributed by atoms with Gasteiger partial charge >= 0.3 is 0 Å². The Balaban J connectivity index is 2.32. The van der Waals surface area contributed by atoms with Crippen LogP contribution in [0.15, 0.2) is 52.3 Å². The molecule has 0 amide bonds.